The zero-order valence-corrected chi connectivity index (χ0v) is 8.69. The van der Waals surface area contributed by atoms with E-state index in [4.69, 9.17) is 5.11 Å². The van der Waals surface area contributed by atoms with Crippen molar-refractivity contribution in [3.05, 3.63) is 35.5 Å². The molecule has 15 heavy (non-hydrogen) atoms. The summed E-state index contributed by atoms with van der Waals surface area (Å²) in [5.41, 5.74) is 1.25. The summed E-state index contributed by atoms with van der Waals surface area (Å²) >= 11 is 0. The van der Waals surface area contributed by atoms with Gasteiger partial charge in [0.05, 0.1) is 6.42 Å². The highest BCUT2D eigenvalue weighted by molar-refractivity contribution is 6.08. The Balaban J connectivity index is 2.75. The molecule has 80 valence electrons. The maximum atomic E-state index is 11.4. The van der Waals surface area contributed by atoms with E-state index in [-0.39, 0.29) is 12.2 Å². The van der Waals surface area contributed by atoms with Gasteiger partial charge in [-0.3, -0.25) is 9.59 Å². The Hall–Kier alpha value is -1.64. The van der Waals surface area contributed by atoms with E-state index >= 15 is 0 Å². The van der Waals surface area contributed by atoms with Gasteiger partial charge in [-0.15, -0.1) is 0 Å². The van der Waals surface area contributed by atoms with Gasteiger partial charge in [0.15, 0.2) is 5.78 Å². The summed E-state index contributed by atoms with van der Waals surface area (Å²) in [5.74, 6) is -0.965. The molecule has 0 aromatic rings. The maximum absolute atomic E-state index is 11.4. The van der Waals surface area contributed by atoms with Crippen molar-refractivity contribution in [3.63, 3.8) is 0 Å². The van der Waals surface area contributed by atoms with Gasteiger partial charge in [-0.05, 0) is 24.5 Å². The summed E-state index contributed by atoms with van der Waals surface area (Å²) in [4.78, 5) is 21.9. The number of aliphatic carboxylic acids is 1. The number of hydrogen-bond donors (Lipinski definition) is 1. The molecule has 0 saturated heterocycles. The minimum absolute atomic E-state index is 0.0630. The van der Waals surface area contributed by atoms with Crippen molar-refractivity contribution >= 4 is 11.8 Å². The van der Waals surface area contributed by atoms with Crippen LogP contribution in [0.3, 0.4) is 0 Å². The van der Waals surface area contributed by atoms with Crippen LogP contribution in [-0.2, 0) is 9.59 Å². The quantitative estimate of drug-likeness (QED) is 0.702. The second-order valence-electron chi connectivity index (χ2n) is 3.36. The Kier molecular flexibility index (Phi) is 4.03. The van der Waals surface area contributed by atoms with Gasteiger partial charge >= 0.3 is 5.97 Å². The zero-order valence-electron chi connectivity index (χ0n) is 8.69. The number of hydrogen-bond acceptors (Lipinski definition) is 2. The molecule has 0 atom stereocenters. The third-order valence-electron chi connectivity index (χ3n) is 2.19. The summed E-state index contributed by atoms with van der Waals surface area (Å²) in [6.07, 6.45) is 8.29. The van der Waals surface area contributed by atoms with E-state index in [1.807, 2.05) is 19.1 Å². The fourth-order valence-corrected chi connectivity index (χ4v) is 1.46. The molecule has 3 nitrogen and oxygen atoms in total. The Morgan fingerprint density at radius 1 is 1.40 bits per heavy atom. The zero-order chi connectivity index (χ0) is 11.3. The van der Waals surface area contributed by atoms with Crippen molar-refractivity contribution in [1.29, 1.82) is 0 Å². The summed E-state index contributed by atoms with van der Waals surface area (Å²) in [6, 6.07) is 0. The van der Waals surface area contributed by atoms with Gasteiger partial charge in [0.1, 0.15) is 0 Å². The average Bonchev–Trinajstić information content (AvgIpc) is 2.49. The molecule has 0 aromatic carbocycles. The number of rotatable bonds is 5. The first-order valence-corrected chi connectivity index (χ1v) is 4.96. The Morgan fingerprint density at radius 3 is 2.73 bits per heavy atom. The highest BCUT2D eigenvalue weighted by Crippen LogP contribution is 2.22. The van der Waals surface area contributed by atoms with Crippen molar-refractivity contribution < 1.29 is 14.7 Å². The molecule has 0 saturated carbocycles. The lowest BCUT2D eigenvalue weighted by molar-refractivity contribution is -0.136. The van der Waals surface area contributed by atoms with Crippen LogP contribution in [0, 0.1) is 0 Å². The van der Waals surface area contributed by atoms with Gasteiger partial charge in [-0.25, -0.2) is 0 Å². The molecular formula is C12H14O3. The van der Waals surface area contributed by atoms with Crippen LogP contribution in [-0.4, -0.2) is 16.9 Å². The molecule has 0 amide bonds. The van der Waals surface area contributed by atoms with E-state index < -0.39 is 5.97 Å². The normalized spacial score (nSPS) is 15.7. The fraction of sp³-hybridized carbons (Fsp3) is 0.333. The van der Waals surface area contributed by atoms with Crippen molar-refractivity contribution in [2.45, 2.75) is 26.2 Å². The molecule has 1 aliphatic carbocycles. The summed E-state index contributed by atoms with van der Waals surface area (Å²) < 4.78 is 0. The molecule has 0 heterocycles. The topological polar surface area (TPSA) is 54.4 Å². The van der Waals surface area contributed by atoms with E-state index in [9.17, 15) is 9.59 Å². The van der Waals surface area contributed by atoms with Crippen LogP contribution >= 0.6 is 0 Å². The second kappa shape index (κ2) is 5.29. The van der Waals surface area contributed by atoms with Gasteiger partial charge in [0.2, 0.25) is 0 Å². The first kappa shape index (κ1) is 11.4. The summed E-state index contributed by atoms with van der Waals surface area (Å²) in [7, 11) is 0. The van der Waals surface area contributed by atoms with Crippen LogP contribution in [0.15, 0.2) is 35.5 Å². The van der Waals surface area contributed by atoms with Crippen molar-refractivity contribution in [3.8, 4) is 0 Å². The SMILES string of the molecule is CC/C=C\CC1=C(CC(=O)O)C=CC1=O. The van der Waals surface area contributed by atoms with Crippen molar-refractivity contribution in [2.24, 2.45) is 0 Å². The van der Waals surface area contributed by atoms with Gasteiger partial charge in [-0.2, -0.15) is 0 Å². The molecule has 1 N–H and O–H groups in total. The molecular weight excluding hydrogens is 192 g/mol. The van der Waals surface area contributed by atoms with Crippen LogP contribution in [0.2, 0.25) is 0 Å². The molecule has 1 rings (SSSR count). The minimum atomic E-state index is -0.902. The van der Waals surface area contributed by atoms with Crippen LogP contribution in [0.4, 0.5) is 0 Å². The third kappa shape index (κ3) is 3.20. The van der Waals surface area contributed by atoms with Crippen molar-refractivity contribution in [2.75, 3.05) is 0 Å². The molecule has 0 bridgehead atoms. The molecule has 3 heteroatoms. The van der Waals surface area contributed by atoms with E-state index in [0.717, 1.165) is 6.42 Å². The number of carbonyl (C=O) groups is 2. The number of carboxylic acid groups (broad SMARTS) is 1. The van der Waals surface area contributed by atoms with Crippen LogP contribution in [0.1, 0.15) is 26.2 Å². The van der Waals surface area contributed by atoms with Crippen LogP contribution < -0.4 is 0 Å². The second-order valence-corrected chi connectivity index (χ2v) is 3.36. The van der Waals surface area contributed by atoms with Gasteiger partial charge in [-0.1, -0.05) is 25.2 Å². The Bertz CT molecular complexity index is 359. The van der Waals surface area contributed by atoms with Gasteiger partial charge in [0, 0.05) is 5.57 Å². The smallest absolute Gasteiger partial charge is 0.307 e. The highest BCUT2D eigenvalue weighted by Gasteiger charge is 2.17. The lowest BCUT2D eigenvalue weighted by Crippen LogP contribution is -2.00. The number of carbonyl (C=O) groups excluding carboxylic acids is 1. The van der Waals surface area contributed by atoms with Crippen LogP contribution in [0.5, 0.6) is 0 Å². The molecule has 1 aliphatic rings. The Labute approximate surface area is 88.8 Å². The molecule has 0 aromatic heterocycles. The fourth-order valence-electron chi connectivity index (χ4n) is 1.46. The molecule has 0 radical (unpaired) electrons. The van der Waals surface area contributed by atoms with E-state index in [2.05, 4.69) is 0 Å². The van der Waals surface area contributed by atoms with E-state index in [1.165, 1.54) is 6.08 Å². The van der Waals surface area contributed by atoms with Gasteiger partial charge in [0.25, 0.3) is 0 Å². The summed E-state index contributed by atoms with van der Waals surface area (Å²) in [5, 5.41) is 8.65. The van der Waals surface area contributed by atoms with E-state index in [1.54, 1.807) is 6.08 Å². The molecule has 0 unspecified atom stereocenters. The lowest BCUT2D eigenvalue weighted by Gasteiger charge is -2.00. The third-order valence-corrected chi connectivity index (χ3v) is 2.19. The van der Waals surface area contributed by atoms with Crippen LogP contribution in [0.25, 0.3) is 0 Å². The minimum Gasteiger partial charge on any atom is -0.481 e. The maximum Gasteiger partial charge on any atom is 0.307 e. The predicted molar refractivity (Wildman–Crippen MR) is 57.5 cm³/mol. The van der Waals surface area contributed by atoms with E-state index in [0.29, 0.717) is 17.6 Å². The number of allylic oxidation sites excluding steroid dienone is 5. The lowest BCUT2D eigenvalue weighted by atomic mass is 10.0. The molecule has 0 aliphatic heterocycles. The number of carboxylic acids is 1. The first-order valence-electron chi connectivity index (χ1n) is 4.96. The number of ketones is 1. The predicted octanol–water partition coefficient (Wildman–Crippen LogP) is 2.25. The molecule has 0 spiro atoms. The first-order chi connectivity index (χ1) is 7.15. The monoisotopic (exact) mass is 206 g/mol. The largest absolute Gasteiger partial charge is 0.481 e. The Morgan fingerprint density at radius 2 is 2.13 bits per heavy atom. The average molecular weight is 206 g/mol. The van der Waals surface area contributed by atoms with Crippen molar-refractivity contribution in [1.82, 2.24) is 0 Å². The highest BCUT2D eigenvalue weighted by atomic mass is 16.4. The standard InChI is InChI=1S/C12H14O3/c1-2-3-4-5-10-9(8-12(14)15)6-7-11(10)13/h3-4,6-7H,2,5,8H2,1H3,(H,14,15)/b4-3-. The summed E-state index contributed by atoms with van der Waals surface area (Å²) in [6.45, 7) is 2.01. The van der Waals surface area contributed by atoms with Gasteiger partial charge < -0.3 is 5.11 Å². The molecule has 0 fully saturated rings.